The second-order valence-corrected chi connectivity index (χ2v) is 5.19. The van der Waals surface area contributed by atoms with Gasteiger partial charge in [0.2, 0.25) is 0 Å². The fourth-order valence-corrected chi connectivity index (χ4v) is 2.05. The van der Waals surface area contributed by atoms with Crippen LogP contribution in [0.4, 0.5) is 0 Å². The van der Waals surface area contributed by atoms with E-state index in [1.54, 1.807) is 0 Å². The molecule has 0 fully saturated rings. The van der Waals surface area contributed by atoms with Crippen molar-refractivity contribution in [2.75, 3.05) is 26.3 Å². The second kappa shape index (κ2) is 16.9. The molecule has 0 aromatic heterocycles. The zero-order valence-corrected chi connectivity index (χ0v) is 12.8. The van der Waals surface area contributed by atoms with Gasteiger partial charge in [-0.2, -0.15) is 0 Å². The summed E-state index contributed by atoms with van der Waals surface area (Å²) in [6.07, 6.45) is 13.5. The fourth-order valence-electron chi connectivity index (χ4n) is 2.05. The smallest absolute Gasteiger partial charge is 0.0478 e. The Bertz CT molecular complexity index is 123. The molecule has 0 atom stereocenters. The number of unbranched alkanes of at least 4 members (excludes halogenated alkanes) is 7. The third-order valence-electron chi connectivity index (χ3n) is 3.20. The van der Waals surface area contributed by atoms with Gasteiger partial charge in [0.1, 0.15) is 0 Å². The van der Waals surface area contributed by atoms with Crippen LogP contribution in [0.2, 0.25) is 0 Å². The molecular weight excluding hydrogens is 222 g/mol. The van der Waals surface area contributed by atoms with Gasteiger partial charge in [-0.15, -0.1) is 0 Å². The molecule has 1 N–H and O–H groups in total. The highest BCUT2D eigenvalue weighted by molar-refractivity contribution is 4.50. The Morgan fingerprint density at radius 2 is 1.22 bits per heavy atom. The maximum absolute atomic E-state index is 5.43. The van der Waals surface area contributed by atoms with Gasteiger partial charge in [0.15, 0.2) is 0 Å². The highest BCUT2D eigenvalue weighted by Crippen LogP contribution is 2.07. The predicted octanol–water partition coefficient (Wildman–Crippen LogP) is 4.53. The van der Waals surface area contributed by atoms with Crippen LogP contribution in [0, 0.1) is 0 Å². The standard InChI is InChI=1S/C16H35NO/c1-3-5-6-7-8-9-10-11-13-17-14-12-16-18-15-4-2/h17H,3-16H2,1-2H3. The molecule has 0 radical (unpaired) electrons. The first-order chi connectivity index (χ1) is 8.91. The maximum Gasteiger partial charge on any atom is 0.0478 e. The third kappa shape index (κ3) is 15.9. The number of ether oxygens (including phenoxy) is 1. The van der Waals surface area contributed by atoms with Crippen molar-refractivity contribution in [2.45, 2.75) is 78.1 Å². The Balaban J connectivity index is 2.86. The van der Waals surface area contributed by atoms with Crippen molar-refractivity contribution < 1.29 is 4.74 Å². The average molecular weight is 257 g/mol. The summed E-state index contributed by atoms with van der Waals surface area (Å²) in [4.78, 5) is 0. The Morgan fingerprint density at radius 1 is 0.611 bits per heavy atom. The molecule has 0 rings (SSSR count). The molecule has 2 nitrogen and oxygen atoms in total. The summed E-state index contributed by atoms with van der Waals surface area (Å²) in [7, 11) is 0. The van der Waals surface area contributed by atoms with Gasteiger partial charge in [0.05, 0.1) is 0 Å². The number of hydrogen-bond acceptors (Lipinski definition) is 2. The molecule has 0 saturated heterocycles. The van der Waals surface area contributed by atoms with Crippen molar-refractivity contribution >= 4 is 0 Å². The van der Waals surface area contributed by atoms with Crippen LogP contribution in [0.1, 0.15) is 78.1 Å². The van der Waals surface area contributed by atoms with Gasteiger partial charge in [0, 0.05) is 13.2 Å². The first-order valence-corrected chi connectivity index (χ1v) is 8.20. The minimum atomic E-state index is 0.915. The summed E-state index contributed by atoms with van der Waals surface area (Å²) in [6.45, 7) is 8.55. The SMILES string of the molecule is CCCCCCCCCCNCCCOCCC. The van der Waals surface area contributed by atoms with E-state index in [0.29, 0.717) is 0 Å². The van der Waals surface area contributed by atoms with Gasteiger partial charge in [-0.3, -0.25) is 0 Å². The predicted molar refractivity (Wildman–Crippen MR) is 81.2 cm³/mol. The molecule has 0 bridgehead atoms. The summed E-state index contributed by atoms with van der Waals surface area (Å²) < 4.78 is 5.43. The Hall–Kier alpha value is -0.0800. The van der Waals surface area contributed by atoms with Crippen molar-refractivity contribution in [2.24, 2.45) is 0 Å². The van der Waals surface area contributed by atoms with Gasteiger partial charge in [0.25, 0.3) is 0 Å². The van der Waals surface area contributed by atoms with E-state index in [0.717, 1.165) is 32.6 Å². The largest absolute Gasteiger partial charge is 0.381 e. The van der Waals surface area contributed by atoms with E-state index in [2.05, 4.69) is 19.2 Å². The topological polar surface area (TPSA) is 21.3 Å². The highest BCUT2D eigenvalue weighted by atomic mass is 16.5. The molecule has 0 unspecified atom stereocenters. The molecule has 18 heavy (non-hydrogen) atoms. The monoisotopic (exact) mass is 257 g/mol. The third-order valence-corrected chi connectivity index (χ3v) is 3.20. The lowest BCUT2D eigenvalue weighted by molar-refractivity contribution is 0.132. The van der Waals surface area contributed by atoms with E-state index >= 15 is 0 Å². The van der Waals surface area contributed by atoms with Gasteiger partial charge in [-0.25, -0.2) is 0 Å². The van der Waals surface area contributed by atoms with Crippen LogP contribution in [-0.4, -0.2) is 26.3 Å². The lowest BCUT2D eigenvalue weighted by atomic mass is 10.1. The Morgan fingerprint density at radius 3 is 1.89 bits per heavy atom. The van der Waals surface area contributed by atoms with Crippen LogP contribution in [0.5, 0.6) is 0 Å². The van der Waals surface area contributed by atoms with Crippen LogP contribution in [-0.2, 0) is 4.74 Å². The van der Waals surface area contributed by atoms with Gasteiger partial charge >= 0.3 is 0 Å². The molecule has 0 amide bonds. The molecule has 0 aliphatic rings. The zero-order valence-electron chi connectivity index (χ0n) is 12.8. The van der Waals surface area contributed by atoms with Crippen LogP contribution < -0.4 is 5.32 Å². The maximum atomic E-state index is 5.43. The highest BCUT2D eigenvalue weighted by Gasteiger charge is 1.92. The Labute approximate surface area is 115 Å². The van der Waals surface area contributed by atoms with Gasteiger partial charge in [-0.1, -0.05) is 58.8 Å². The first kappa shape index (κ1) is 17.9. The fraction of sp³-hybridized carbons (Fsp3) is 1.00. The molecule has 0 aromatic rings. The van der Waals surface area contributed by atoms with Gasteiger partial charge < -0.3 is 10.1 Å². The van der Waals surface area contributed by atoms with Crippen molar-refractivity contribution in [1.82, 2.24) is 5.32 Å². The van der Waals surface area contributed by atoms with E-state index in [1.807, 2.05) is 0 Å². The van der Waals surface area contributed by atoms with E-state index < -0.39 is 0 Å². The normalized spacial score (nSPS) is 11.0. The van der Waals surface area contributed by atoms with Crippen molar-refractivity contribution in [3.8, 4) is 0 Å². The van der Waals surface area contributed by atoms with Crippen LogP contribution >= 0.6 is 0 Å². The summed E-state index contributed by atoms with van der Waals surface area (Å²) in [6, 6.07) is 0. The molecule has 0 saturated carbocycles. The first-order valence-electron chi connectivity index (χ1n) is 8.20. The summed E-state index contributed by atoms with van der Waals surface area (Å²) in [5.41, 5.74) is 0. The van der Waals surface area contributed by atoms with Crippen LogP contribution in [0.3, 0.4) is 0 Å². The lowest BCUT2D eigenvalue weighted by Crippen LogP contribution is -2.18. The quantitative estimate of drug-likeness (QED) is 0.435. The second-order valence-electron chi connectivity index (χ2n) is 5.19. The number of nitrogens with one attached hydrogen (secondary N) is 1. The minimum absolute atomic E-state index is 0.915. The van der Waals surface area contributed by atoms with Crippen molar-refractivity contribution in [1.29, 1.82) is 0 Å². The molecule has 0 aliphatic carbocycles. The minimum Gasteiger partial charge on any atom is -0.381 e. The molecule has 2 heteroatoms. The van der Waals surface area contributed by atoms with Gasteiger partial charge in [-0.05, 0) is 32.4 Å². The summed E-state index contributed by atoms with van der Waals surface area (Å²) in [5.74, 6) is 0. The lowest BCUT2D eigenvalue weighted by Gasteiger charge is -2.05. The zero-order chi connectivity index (χ0) is 13.3. The van der Waals surface area contributed by atoms with E-state index in [4.69, 9.17) is 4.74 Å². The molecule has 0 aromatic carbocycles. The van der Waals surface area contributed by atoms with E-state index in [-0.39, 0.29) is 0 Å². The molecular formula is C16H35NO. The van der Waals surface area contributed by atoms with E-state index in [1.165, 1.54) is 57.9 Å². The summed E-state index contributed by atoms with van der Waals surface area (Å²) >= 11 is 0. The van der Waals surface area contributed by atoms with Crippen LogP contribution in [0.15, 0.2) is 0 Å². The molecule has 0 spiro atoms. The molecule has 0 aliphatic heterocycles. The number of rotatable bonds is 15. The molecule has 110 valence electrons. The van der Waals surface area contributed by atoms with Crippen molar-refractivity contribution in [3.63, 3.8) is 0 Å². The molecule has 0 heterocycles. The van der Waals surface area contributed by atoms with E-state index in [9.17, 15) is 0 Å². The Kier molecular flexibility index (Phi) is 16.8. The number of hydrogen-bond donors (Lipinski definition) is 1. The summed E-state index contributed by atoms with van der Waals surface area (Å²) in [5, 5.41) is 3.49. The van der Waals surface area contributed by atoms with Crippen molar-refractivity contribution in [3.05, 3.63) is 0 Å². The van der Waals surface area contributed by atoms with Crippen LogP contribution in [0.25, 0.3) is 0 Å². The average Bonchev–Trinajstić information content (AvgIpc) is 2.39.